The molecule has 4 N–H and O–H groups in total. The van der Waals surface area contributed by atoms with Crippen molar-refractivity contribution in [1.82, 2.24) is 15.5 Å². The van der Waals surface area contributed by atoms with E-state index < -0.39 is 12.1 Å². The molecule has 0 aromatic heterocycles. The number of hydrogen-bond acceptors (Lipinski definition) is 5. The van der Waals surface area contributed by atoms with Gasteiger partial charge in [-0.15, -0.1) is 0 Å². The summed E-state index contributed by atoms with van der Waals surface area (Å²) in [5, 5.41) is 5.43. The van der Waals surface area contributed by atoms with Crippen LogP contribution in [0.5, 0.6) is 0 Å². The third kappa shape index (κ3) is 10.5. The van der Waals surface area contributed by atoms with Crippen LogP contribution < -0.4 is 16.4 Å². The molecule has 0 fully saturated rings. The summed E-state index contributed by atoms with van der Waals surface area (Å²) in [6, 6.07) is 8.85. The Morgan fingerprint density at radius 2 is 1.76 bits per heavy atom. The summed E-state index contributed by atoms with van der Waals surface area (Å²) < 4.78 is 5.12. The molecular weight excluding hydrogens is 372 g/mol. The molecule has 29 heavy (non-hydrogen) atoms. The second-order valence-electron chi connectivity index (χ2n) is 7.30. The second kappa shape index (κ2) is 13.5. The third-order valence-electron chi connectivity index (χ3n) is 4.38. The minimum atomic E-state index is -0.605. The first-order valence-corrected chi connectivity index (χ1v) is 10.0. The van der Waals surface area contributed by atoms with E-state index in [1.165, 1.54) is 0 Å². The van der Waals surface area contributed by atoms with Crippen LogP contribution in [0.1, 0.15) is 38.7 Å². The average molecular weight is 407 g/mol. The van der Waals surface area contributed by atoms with E-state index in [4.69, 9.17) is 10.5 Å². The predicted molar refractivity (Wildman–Crippen MR) is 112 cm³/mol. The number of likely N-dealkylation sites (N-methyl/N-ethyl adjacent to an activating group) is 1. The molecule has 1 atom stereocenters. The fourth-order valence-corrected chi connectivity index (χ4v) is 2.61. The number of unbranched alkanes of at least 4 members (excludes halogenated alkanes) is 1. The molecule has 0 bridgehead atoms. The molecular formula is C21H34N4O4. The van der Waals surface area contributed by atoms with Crippen molar-refractivity contribution >= 4 is 17.9 Å². The van der Waals surface area contributed by atoms with Gasteiger partial charge in [-0.25, -0.2) is 4.79 Å². The SMILES string of the molecule is CC(C)C(=O)N(C)CCNC(=O)C(N)CCCCNC(=O)OCc1ccccc1. The lowest BCUT2D eigenvalue weighted by Gasteiger charge is -2.20. The van der Waals surface area contributed by atoms with Crippen LogP contribution in [0.15, 0.2) is 30.3 Å². The molecule has 1 aromatic rings. The van der Waals surface area contributed by atoms with E-state index in [9.17, 15) is 14.4 Å². The van der Waals surface area contributed by atoms with Crippen molar-refractivity contribution < 1.29 is 19.1 Å². The topological polar surface area (TPSA) is 114 Å². The van der Waals surface area contributed by atoms with Crippen molar-refractivity contribution in [1.29, 1.82) is 0 Å². The summed E-state index contributed by atoms with van der Waals surface area (Å²) >= 11 is 0. The first kappa shape index (κ1) is 24.4. The van der Waals surface area contributed by atoms with Gasteiger partial charge in [0.25, 0.3) is 0 Å². The van der Waals surface area contributed by atoms with Gasteiger partial charge in [-0.3, -0.25) is 9.59 Å². The minimum absolute atomic E-state index is 0.0401. The number of hydrogen-bond donors (Lipinski definition) is 3. The maximum Gasteiger partial charge on any atom is 0.407 e. The van der Waals surface area contributed by atoms with E-state index >= 15 is 0 Å². The molecule has 0 aliphatic carbocycles. The Kier molecular flexibility index (Phi) is 11.4. The summed E-state index contributed by atoms with van der Waals surface area (Å²) in [5.41, 5.74) is 6.82. The first-order valence-electron chi connectivity index (χ1n) is 10.0. The Morgan fingerprint density at radius 1 is 1.07 bits per heavy atom. The van der Waals surface area contributed by atoms with Crippen LogP contribution in [0.4, 0.5) is 4.79 Å². The van der Waals surface area contributed by atoms with Gasteiger partial charge in [-0.1, -0.05) is 44.2 Å². The molecule has 1 aromatic carbocycles. The molecule has 0 aliphatic rings. The summed E-state index contributed by atoms with van der Waals surface area (Å²) in [6.07, 6.45) is 1.47. The van der Waals surface area contributed by atoms with Crippen LogP contribution in [0.3, 0.4) is 0 Å². The molecule has 0 heterocycles. The highest BCUT2D eigenvalue weighted by Crippen LogP contribution is 2.02. The Labute approximate surface area is 173 Å². The smallest absolute Gasteiger partial charge is 0.407 e. The van der Waals surface area contributed by atoms with Crippen molar-refractivity contribution in [2.75, 3.05) is 26.7 Å². The monoisotopic (exact) mass is 406 g/mol. The van der Waals surface area contributed by atoms with Crippen LogP contribution >= 0.6 is 0 Å². The fraction of sp³-hybridized carbons (Fsp3) is 0.571. The Balaban J connectivity index is 2.07. The third-order valence-corrected chi connectivity index (χ3v) is 4.38. The van der Waals surface area contributed by atoms with Crippen LogP contribution in [-0.4, -0.2) is 55.5 Å². The van der Waals surface area contributed by atoms with E-state index in [1.54, 1.807) is 11.9 Å². The molecule has 1 rings (SSSR count). The van der Waals surface area contributed by atoms with Crippen LogP contribution in [0.25, 0.3) is 0 Å². The Bertz CT molecular complexity index is 637. The van der Waals surface area contributed by atoms with Gasteiger partial charge in [-0.2, -0.15) is 0 Å². The van der Waals surface area contributed by atoms with Gasteiger partial charge >= 0.3 is 6.09 Å². The number of carbonyl (C=O) groups is 3. The Morgan fingerprint density at radius 3 is 2.41 bits per heavy atom. The lowest BCUT2D eigenvalue weighted by atomic mass is 10.1. The van der Waals surface area contributed by atoms with Gasteiger partial charge in [0.2, 0.25) is 11.8 Å². The zero-order valence-corrected chi connectivity index (χ0v) is 17.6. The van der Waals surface area contributed by atoms with Crippen molar-refractivity contribution in [2.24, 2.45) is 11.7 Å². The van der Waals surface area contributed by atoms with Crippen molar-refractivity contribution in [2.45, 2.75) is 45.8 Å². The van der Waals surface area contributed by atoms with E-state index in [0.29, 0.717) is 38.9 Å². The van der Waals surface area contributed by atoms with Crippen LogP contribution in [-0.2, 0) is 20.9 Å². The molecule has 0 spiro atoms. The molecule has 1 unspecified atom stereocenters. The van der Waals surface area contributed by atoms with Crippen molar-refractivity contribution in [3.63, 3.8) is 0 Å². The standard InChI is InChI=1S/C21H34N4O4/c1-16(2)20(27)25(3)14-13-23-19(26)18(22)11-7-8-12-24-21(28)29-15-17-9-5-4-6-10-17/h4-6,9-10,16,18H,7-8,11-15,22H2,1-3H3,(H,23,26)(H,24,28). The number of nitrogens with two attached hydrogens (primary N) is 1. The minimum Gasteiger partial charge on any atom is -0.445 e. The quantitative estimate of drug-likeness (QED) is 0.457. The van der Waals surface area contributed by atoms with E-state index in [0.717, 1.165) is 5.56 Å². The summed E-state index contributed by atoms with van der Waals surface area (Å²) in [5.74, 6) is -0.258. The van der Waals surface area contributed by atoms with E-state index in [2.05, 4.69) is 10.6 Å². The van der Waals surface area contributed by atoms with Gasteiger partial charge < -0.3 is 26.0 Å². The average Bonchev–Trinajstić information content (AvgIpc) is 2.71. The summed E-state index contributed by atoms with van der Waals surface area (Å²) in [7, 11) is 1.71. The van der Waals surface area contributed by atoms with Gasteiger partial charge in [0.05, 0.1) is 6.04 Å². The Hall–Kier alpha value is -2.61. The number of ether oxygens (including phenoxy) is 1. The molecule has 0 radical (unpaired) electrons. The largest absolute Gasteiger partial charge is 0.445 e. The van der Waals surface area contributed by atoms with Crippen molar-refractivity contribution in [3.8, 4) is 0 Å². The predicted octanol–water partition coefficient (Wildman–Crippen LogP) is 1.64. The van der Waals surface area contributed by atoms with Gasteiger partial charge in [-0.05, 0) is 24.8 Å². The highest BCUT2D eigenvalue weighted by atomic mass is 16.5. The second-order valence-corrected chi connectivity index (χ2v) is 7.30. The molecule has 0 saturated carbocycles. The number of amides is 3. The normalized spacial score (nSPS) is 11.6. The van der Waals surface area contributed by atoms with Gasteiger partial charge in [0.15, 0.2) is 0 Å². The number of rotatable bonds is 12. The van der Waals surface area contributed by atoms with Crippen LogP contribution in [0.2, 0.25) is 0 Å². The first-order chi connectivity index (χ1) is 13.8. The highest BCUT2D eigenvalue weighted by Gasteiger charge is 2.15. The van der Waals surface area contributed by atoms with Crippen molar-refractivity contribution in [3.05, 3.63) is 35.9 Å². The molecule has 3 amide bonds. The number of alkyl carbamates (subject to hydrolysis) is 1. The summed E-state index contributed by atoms with van der Waals surface area (Å²) in [6.45, 7) is 5.19. The maximum atomic E-state index is 12.0. The molecule has 0 aliphatic heterocycles. The van der Waals surface area contributed by atoms with Crippen LogP contribution in [0, 0.1) is 5.92 Å². The molecule has 0 saturated heterocycles. The lowest BCUT2D eigenvalue weighted by Crippen LogP contribution is -2.44. The number of nitrogens with one attached hydrogen (secondary N) is 2. The molecule has 162 valence electrons. The lowest BCUT2D eigenvalue weighted by molar-refractivity contribution is -0.133. The number of nitrogens with zero attached hydrogens (tertiary/aromatic N) is 1. The molecule has 8 heteroatoms. The number of benzene rings is 1. The zero-order valence-electron chi connectivity index (χ0n) is 17.6. The number of carbonyl (C=O) groups excluding carboxylic acids is 3. The van der Waals surface area contributed by atoms with Gasteiger partial charge in [0.1, 0.15) is 6.61 Å². The molecule has 8 nitrogen and oxygen atoms in total. The van der Waals surface area contributed by atoms with Gasteiger partial charge in [0, 0.05) is 32.6 Å². The fourth-order valence-electron chi connectivity index (χ4n) is 2.61. The highest BCUT2D eigenvalue weighted by molar-refractivity contribution is 5.81. The summed E-state index contributed by atoms with van der Waals surface area (Å²) in [4.78, 5) is 37.0. The maximum absolute atomic E-state index is 12.0. The van der Waals surface area contributed by atoms with E-state index in [1.807, 2.05) is 44.2 Å². The zero-order chi connectivity index (χ0) is 21.6. The van der Waals surface area contributed by atoms with E-state index in [-0.39, 0.29) is 24.3 Å².